The minimum absolute atomic E-state index is 0.212. The molecule has 9 nitrogen and oxygen atoms in total. The van der Waals surface area contributed by atoms with Crippen molar-refractivity contribution in [1.29, 1.82) is 0 Å². The summed E-state index contributed by atoms with van der Waals surface area (Å²) in [7, 11) is 0. The van der Waals surface area contributed by atoms with Crippen LogP contribution >= 0.6 is 11.6 Å². The van der Waals surface area contributed by atoms with Gasteiger partial charge < -0.3 is 4.74 Å². The number of benzene rings is 1. The Labute approximate surface area is 120 Å². The summed E-state index contributed by atoms with van der Waals surface area (Å²) in [4.78, 5) is 26.5. The normalized spacial score (nSPS) is 10.2. The fourth-order valence-corrected chi connectivity index (χ4v) is 1.48. The number of nitro groups is 2. The van der Waals surface area contributed by atoms with E-state index >= 15 is 0 Å². The van der Waals surface area contributed by atoms with E-state index in [1.807, 2.05) is 0 Å². The molecule has 0 radical (unpaired) electrons. The molecule has 0 aliphatic carbocycles. The van der Waals surface area contributed by atoms with Crippen LogP contribution in [0, 0.1) is 26.0 Å². The Morgan fingerprint density at radius 2 is 1.86 bits per heavy atom. The molecule has 0 aliphatic heterocycles. The number of nitro benzene ring substituents is 1. The van der Waals surface area contributed by atoms with Gasteiger partial charge in [-0.3, -0.25) is 20.2 Å². The summed E-state index contributed by atoms with van der Waals surface area (Å²) in [6.07, 6.45) is 0.826. The van der Waals surface area contributed by atoms with E-state index in [0.717, 1.165) is 18.3 Å². The summed E-state index contributed by atoms with van der Waals surface area (Å²) < 4.78 is 18.5. The van der Waals surface area contributed by atoms with Crippen molar-refractivity contribution in [3.05, 3.63) is 55.7 Å². The Morgan fingerprint density at radius 1 is 1.19 bits per heavy atom. The molecule has 1 aromatic heterocycles. The van der Waals surface area contributed by atoms with E-state index in [0.29, 0.717) is 6.07 Å². The maximum Gasteiger partial charge on any atom is 0.349 e. The maximum absolute atomic E-state index is 13.4. The summed E-state index contributed by atoms with van der Waals surface area (Å²) in [5.41, 5.74) is -1.34. The molecular weight excluding hydrogens is 311 g/mol. The summed E-state index contributed by atoms with van der Waals surface area (Å²) >= 11 is 5.50. The molecule has 11 heteroatoms. The average molecular weight is 315 g/mol. The van der Waals surface area contributed by atoms with E-state index in [1.165, 1.54) is 0 Å². The Bertz CT molecular complexity index is 741. The number of ether oxygens (including phenoxy) is 1. The molecule has 0 spiro atoms. The van der Waals surface area contributed by atoms with Crippen LogP contribution in [0.2, 0.25) is 5.28 Å². The number of nitrogens with zero attached hydrogens (tertiary/aromatic N) is 4. The molecule has 0 saturated heterocycles. The summed E-state index contributed by atoms with van der Waals surface area (Å²) in [6.45, 7) is 0. The molecule has 108 valence electrons. The number of hydrogen-bond acceptors (Lipinski definition) is 7. The van der Waals surface area contributed by atoms with Gasteiger partial charge in [0.2, 0.25) is 11.1 Å². The van der Waals surface area contributed by atoms with Crippen LogP contribution in [-0.2, 0) is 0 Å². The first-order chi connectivity index (χ1) is 9.88. The van der Waals surface area contributed by atoms with Crippen LogP contribution in [-0.4, -0.2) is 19.8 Å². The van der Waals surface area contributed by atoms with Crippen molar-refractivity contribution in [3.8, 4) is 11.6 Å². The Hall–Kier alpha value is -2.88. The van der Waals surface area contributed by atoms with Crippen LogP contribution in [0.3, 0.4) is 0 Å². The van der Waals surface area contributed by atoms with Crippen molar-refractivity contribution in [3.63, 3.8) is 0 Å². The lowest BCUT2D eigenvalue weighted by molar-refractivity contribution is -0.387. The van der Waals surface area contributed by atoms with E-state index in [1.54, 1.807) is 0 Å². The quantitative estimate of drug-likeness (QED) is 0.483. The lowest BCUT2D eigenvalue weighted by Gasteiger charge is -2.05. The third-order valence-corrected chi connectivity index (χ3v) is 2.42. The standard InChI is InChI=1S/C10H4ClFN4O5/c11-10-13-4-8(16(19)20)9(14-10)21-5-1-2-7(15(17)18)6(12)3-5/h1-4H. The molecule has 0 aliphatic rings. The molecule has 0 N–H and O–H groups in total. The molecule has 1 aromatic carbocycles. The van der Waals surface area contributed by atoms with Gasteiger partial charge in [-0.25, -0.2) is 4.98 Å². The van der Waals surface area contributed by atoms with Gasteiger partial charge in [0, 0.05) is 12.1 Å². The molecule has 0 saturated carbocycles. The van der Waals surface area contributed by atoms with Gasteiger partial charge in [0.1, 0.15) is 11.9 Å². The molecule has 0 atom stereocenters. The average Bonchev–Trinajstić information content (AvgIpc) is 2.37. The van der Waals surface area contributed by atoms with Crippen LogP contribution in [0.1, 0.15) is 0 Å². The van der Waals surface area contributed by atoms with Gasteiger partial charge in [-0.1, -0.05) is 0 Å². The van der Waals surface area contributed by atoms with E-state index in [4.69, 9.17) is 16.3 Å². The molecule has 0 unspecified atom stereocenters. The Kier molecular flexibility index (Phi) is 3.89. The second-order valence-electron chi connectivity index (χ2n) is 3.56. The lowest BCUT2D eigenvalue weighted by atomic mass is 10.3. The van der Waals surface area contributed by atoms with Gasteiger partial charge in [0.05, 0.1) is 9.85 Å². The monoisotopic (exact) mass is 314 g/mol. The molecule has 21 heavy (non-hydrogen) atoms. The van der Waals surface area contributed by atoms with Crippen molar-refractivity contribution in [2.24, 2.45) is 0 Å². The van der Waals surface area contributed by atoms with E-state index in [2.05, 4.69) is 9.97 Å². The largest absolute Gasteiger partial charge is 0.433 e. The second kappa shape index (κ2) is 5.63. The number of rotatable bonds is 4. The van der Waals surface area contributed by atoms with Crippen molar-refractivity contribution in [1.82, 2.24) is 9.97 Å². The molecule has 2 aromatic rings. The van der Waals surface area contributed by atoms with Crippen LogP contribution in [0.5, 0.6) is 11.6 Å². The van der Waals surface area contributed by atoms with Gasteiger partial charge >= 0.3 is 17.3 Å². The van der Waals surface area contributed by atoms with Gasteiger partial charge in [0.25, 0.3) is 0 Å². The topological polar surface area (TPSA) is 121 Å². The Morgan fingerprint density at radius 3 is 2.43 bits per heavy atom. The van der Waals surface area contributed by atoms with Crippen molar-refractivity contribution >= 4 is 23.0 Å². The third-order valence-electron chi connectivity index (χ3n) is 2.23. The highest BCUT2D eigenvalue weighted by Gasteiger charge is 2.21. The third kappa shape index (κ3) is 3.17. The second-order valence-corrected chi connectivity index (χ2v) is 3.90. The van der Waals surface area contributed by atoms with Crippen molar-refractivity contribution < 1.29 is 19.0 Å². The predicted octanol–water partition coefficient (Wildman–Crippen LogP) is 2.88. The summed E-state index contributed by atoms with van der Waals surface area (Å²) in [5, 5.41) is 20.9. The molecular formula is C10H4ClFN4O5. The number of hydrogen-bond donors (Lipinski definition) is 0. The van der Waals surface area contributed by atoms with Gasteiger partial charge in [0.15, 0.2) is 0 Å². The SMILES string of the molecule is O=[N+]([O-])c1ccc(Oc2nc(Cl)ncc2[N+](=O)[O-])cc1F. The fraction of sp³-hybridized carbons (Fsp3) is 0. The smallest absolute Gasteiger partial charge is 0.349 e. The zero-order chi connectivity index (χ0) is 15.6. The van der Waals surface area contributed by atoms with Gasteiger partial charge in [-0.2, -0.15) is 9.37 Å². The first-order valence-corrected chi connectivity index (χ1v) is 5.55. The molecule has 0 amide bonds. The molecule has 2 rings (SSSR count). The van der Waals surface area contributed by atoms with Crippen molar-refractivity contribution in [2.75, 3.05) is 0 Å². The molecule has 0 fully saturated rings. The zero-order valence-electron chi connectivity index (χ0n) is 9.90. The minimum Gasteiger partial charge on any atom is -0.433 e. The van der Waals surface area contributed by atoms with Crippen molar-refractivity contribution in [2.45, 2.75) is 0 Å². The van der Waals surface area contributed by atoms with Crippen LogP contribution in [0.25, 0.3) is 0 Å². The molecule has 0 bridgehead atoms. The van der Waals surface area contributed by atoms with E-state index in [-0.39, 0.29) is 11.0 Å². The zero-order valence-corrected chi connectivity index (χ0v) is 10.7. The highest BCUT2D eigenvalue weighted by atomic mass is 35.5. The highest BCUT2D eigenvalue weighted by molar-refractivity contribution is 6.28. The Balaban J connectivity index is 2.38. The number of aromatic nitrogens is 2. The summed E-state index contributed by atoms with van der Waals surface area (Å²) in [5.74, 6) is -1.87. The minimum atomic E-state index is -1.15. The number of halogens is 2. The highest BCUT2D eigenvalue weighted by Crippen LogP contribution is 2.31. The first kappa shape index (κ1) is 14.5. The lowest BCUT2D eigenvalue weighted by Crippen LogP contribution is -1.99. The maximum atomic E-state index is 13.4. The van der Waals surface area contributed by atoms with Crippen LogP contribution in [0.4, 0.5) is 15.8 Å². The van der Waals surface area contributed by atoms with Gasteiger partial charge in [-0.05, 0) is 17.7 Å². The first-order valence-electron chi connectivity index (χ1n) is 5.17. The van der Waals surface area contributed by atoms with Crippen LogP contribution in [0.15, 0.2) is 24.4 Å². The fourth-order valence-electron chi connectivity index (χ4n) is 1.35. The van der Waals surface area contributed by atoms with E-state index < -0.39 is 32.9 Å². The predicted molar refractivity (Wildman–Crippen MR) is 66.8 cm³/mol. The van der Waals surface area contributed by atoms with Gasteiger partial charge in [-0.15, -0.1) is 0 Å². The van der Waals surface area contributed by atoms with Crippen LogP contribution < -0.4 is 4.74 Å². The summed E-state index contributed by atoms with van der Waals surface area (Å²) in [6, 6.07) is 2.64. The van der Waals surface area contributed by atoms with E-state index in [9.17, 15) is 24.6 Å². The molecule has 1 heterocycles.